The van der Waals surface area contributed by atoms with Crippen LogP contribution in [0.2, 0.25) is 0 Å². The minimum absolute atomic E-state index is 0.0106. The quantitative estimate of drug-likeness (QED) is 0.729. The topological polar surface area (TPSA) is 49.4 Å². The first-order valence-corrected chi connectivity index (χ1v) is 10.7. The van der Waals surface area contributed by atoms with Gasteiger partial charge in [-0.05, 0) is 49.6 Å². The van der Waals surface area contributed by atoms with E-state index >= 15 is 0 Å². The number of amides is 2. The van der Waals surface area contributed by atoms with E-state index in [1.54, 1.807) is 19.1 Å². The summed E-state index contributed by atoms with van der Waals surface area (Å²) < 4.78 is 27.6. The molecule has 1 heterocycles. The van der Waals surface area contributed by atoms with Crippen molar-refractivity contribution in [2.24, 2.45) is 0 Å². The second-order valence-corrected chi connectivity index (χ2v) is 8.39. The molecular weight excluding hydrogens is 394 g/mol. The van der Waals surface area contributed by atoms with Crippen molar-refractivity contribution in [3.05, 3.63) is 70.8 Å². The molecule has 2 aromatic rings. The van der Waals surface area contributed by atoms with Crippen LogP contribution in [-0.4, -0.2) is 35.6 Å². The number of carbonyl (C=O) groups is 2. The van der Waals surface area contributed by atoms with Crippen LogP contribution in [-0.2, 0) is 11.3 Å². The van der Waals surface area contributed by atoms with Crippen LogP contribution >= 0.6 is 11.8 Å². The summed E-state index contributed by atoms with van der Waals surface area (Å²) >= 11 is 1.18. The molecule has 0 aliphatic carbocycles. The summed E-state index contributed by atoms with van der Waals surface area (Å²) in [7, 11) is 0. The second-order valence-electron chi connectivity index (χ2n) is 7.06. The Labute approximate surface area is 173 Å². The summed E-state index contributed by atoms with van der Waals surface area (Å²) in [5.74, 6) is -1.27. The fourth-order valence-corrected chi connectivity index (χ4v) is 4.20. The molecule has 0 bridgehead atoms. The van der Waals surface area contributed by atoms with Gasteiger partial charge in [0, 0.05) is 36.0 Å². The van der Waals surface area contributed by atoms with E-state index in [1.807, 2.05) is 17.0 Å². The van der Waals surface area contributed by atoms with E-state index in [0.29, 0.717) is 12.1 Å². The Hall–Kier alpha value is -2.41. The minimum Gasteiger partial charge on any atom is -0.351 e. The molecule has 1 aliphatic rings. The third-order valence-corrected chi connectivity index (χ3v) is 6.12. The molecule has 7 heteroatoms. The fraction of sp³-hybridized carbons (Fsp3) is 0.364. The maximum atomic E-state index is 13.8. The van der Waals surface area contributed by atoms with Crippen molar-refractivity contribution in [3.8, 4) is 0 Å². The van der Waals surface area contributed by atoms with E-state index < -0.39 is 16.9 Å². The van der Waals surface area contributed by atoms with Gasteiger partial charge in [-0.15, -0.1) is 11.8 Å². The maximum Gasteiger partial charge on any atom is 0.253 e. The Morgan fingerprint density at radius 1 is 1.07 bits per heavy atom. The first kappa shape index (κ1) is 21.3. The smallest absolute Gasteiger partial charge is 0.253 e. The summed E-state index contributed by atoms with van der Waals surface area (Å²) in [6.07, 6.45) is 2.10. The molecule has 154 valence electrons. The predicted octanol–water partition coefficient (Wildman–Crippen LogP) is 4.31. The summed E-state index contributed by atoms with van der Waals surface area (Å²) in [5.41, 5.74) is 1.52. The van der Waals surface area contributed by atoms with Crippen LogP contribution in [0.4, 0.5) is 8.78 Å². The van der Waals surface area contributed by atoms with Crippen molar-refractivity contribution in [2.45, 2.75) is 31.6 Å². The molecule has 3 rings (SSSR count). The lowest BCUT2D eigenvalue weighted by Gasteiger charge is -2.15. The van der Waals surface area contributed by atoms with E-state index in [2.05, 4.69) is 5.32 Å². The summed E-state index contributed by atoms with van der Waals surface area (Å²) in [6, 6.07) is 11.0. The predicted molar refractivity (Wildman–Crippen MR) is 111 cm³/mol. The number of rotatable bonds is 7. The Bertz CT molecular complexity index is 847. The Kier molecular flexibility index (Phi) is 7.25. The van der Waals surface area contributed by atoms with Crippen LogP contribution in [0.25, 0.3) is 0 Å². The first-order chi connectivity index (χ1) is 14.0. The van der Waals surface area contributed by atoms with Gasteiger partial charge in [0.05, 0.1) is 5.75 Å². The SMILES string of the molecule is CC(SCC(=O)NCc1ccc(C(=O)N2CCCC2)cc1)c1c(F)cccc1F. The lowest BCUT2D eigenvalue weighted by molar-refractivity contribution is -0.118. The van der Waals surface area contributed by atoms with Gasteiger partial charge in [-0.1, -0.05) is 18.2 Å². The average Bonchev–Trinajstić information content (AvgIpc) is 3.25. The zero-order chi connectivity index (χ0) is 20.8. The van der Waals surface area contributed by atoms with E-state index in [-0.39, 0.29) is 23.1 Å². The second kappa shape index (κ2) is 9.87. The molecular formula is C22H24F2N2O2S. The Balaban J connectivity index is 1.46. The monoisotopic (exact) mass is 418 g/mol. The van der Waals surface area contributed by atoms with Crippen molar-refractivity contribution in [1.82, 2.24) is 10.2 Å². The summed E-state index contributed by atoms with van der Waals surface area (Å²) in [5, 5.41) is 2.32. The Morgan fingerprint density at radius 2 is 1.69 bits per heavy atom. The molecule has 1 saturated heterocycles. The average molecular weight is 419 g/mol. The molecule has 0 spiro atoms. The molecule has 2 amide bonds. The van der Waals surface area contributed by atoms with Crippen LogP contribution in [0, 0.1) is 11.6 Å². The van der Waals surface area contributed by atoms with Crippen LogP contribution in [0.15, 0.2) is 42.5 Å². The van der Waals surface area contributed by atoms with Crippen molar-refractivity contribution < 1.29 is 18.4 Å². The lowest BCUT2D eigenvalue weighted by atomic mass is 10.1. The summed E-state index contributed by atoms with van der Waals surface area (Å²) in [6.45, 7) is 3.63. The van der Waals surface area contributed by atoms with Gasteiger partial charge in [0.2, 0.25) is 5.91 Å². The standard InChI is InChI=1S/C22H24F2N2O2S/c1-15(21-18(23)5-4-6-19(21)24)29-14-20(27)25-13-16-7-9-17(10-8-16)22(28)26-11-2-3-12-26/h4-10,15H,2-3,11-14H2,1H3,(H,25,27). The van der Waals surface area contributed by atoms with Crippen LogP contribution < -0.4 is 5.32 Å². The molecule has 1 N–H and O–H groups in total. The number of hydrogen-bond acceptors (Lipinski definition) is 3. The van der Waals surface area contributed by atoms with E-state index in [0.717, 1.165) is 31.5 Å². The van der Waals surface area contributed by atoms with E-state index in [4.69, 9.17) is 0 Å². The molecule has 0 saturated carbocycles. The maximum absolute atomic E-state index is 13.8. The molecule has 1 aliphatic heterocycles. The molecule has 1 unspecified atom stereocenters. The van der Waals surface area contributed by atoms with E-state index in [1.165, 1.54) is 30.0 Å². The molecule has 29 heavy (non-hydrogen) atoms. The number of carbonyl (C=O) groups excluding carboxylic acids is 2. The molecule has 0 radical (unpaired) electrons. The third-order valence-electron chi connectivity index (χ3n) is 4.95. The zero-order valence-corrected chi connectivity index (χ0v) is 17.1. The van der Waals surface area contributed by atoms with Gasteiger partial charge in [-0.25, -0.2) is 8.78 Å². The van der Waals surface area contributed by atoms with Gasteiger partial charge < -0.3 is 10.2 Å². The highest BCUT2D eigenvalue weighted by atomic mass is 32.2. The zero-order valence-electron chi connectivity index (χ0n) is 16.3. The highest BCUT2D eigenvalue weighted by Gasteiger charge is 2.19. The number of benzene rings is 2. The minimum atomic E-state index is -0.603. The normalized spacial score (nSPS) is 14.7. The number of nitrogens with zero attached hydrogens (tertiary/aromatic N) is 1. The van der Waals surface area contributed by atoms with Gasteiger partial charge >= 0.3 is 0 Å². The van der Waals surface area contributed by atoms with Crippen LogP contribution in [0.3, 0.4) is 0 Å². The largest absolute Gasteiger partial charge is 0.351 e. The fourth-order valence-electron chi connectivity index (χ4n) is 3.30. The van der Waals surface area contributed by atoms with Gasteiger partial charge in [0.15, 0.2) is 0 Å². The number of thioether (sulfide) groups is 1. The highest BCUT2D eigenvalue weighted by molar-refractivity contribution is 8.00. The number of hydrogen-bond donors (Lipinski definition) is 1. The third kappa shape index (κ3) is 5.56. The van der Waals surface area contributed by atoms with Crippen molar-refractivity contribution in [1.29, 1.82) is 0 Å². The number of nitrogens with one attached hydrogen (secondary N) is 1. The molecule has 1 atom stereocenters. The molecule has 0 aromatic heterocycles. The number of halogens is 2. The van der Waals surface area contributed by atoms with Crippen molar-refractivity contribution in [3.63, 3.8) is 0 Å². The lowest BCUT2D eigenvalue weighted by Crippen LogP contribution is -2.27. The highest BCUT2D eigenvalue weighted by Crippen LogP contribution is 2.31. The van der Waals surface area contributed by atoms with Crippen LogP contribution in [0.1, 0.15) is 46.5 Å². The Morgan fingerprint density at radius 3 is 2.31 bits per heavy atom. The molecule has 1 fully saturated rings. The van der Waals surface area contributed by atoms with Crippen molar-refractivity contribution in [2.75, 3.05) is 18.8 Å². The van der Waals surface area contributed by atoms with Crippen LogP contribution in [0.5, 0.6) is 0 Å². The summed E-state index contributed by atoms with van der Waals surface area (Å²) in [4.78, 5) is 26.3. The van der Waals surface area contributed by atoms with Gasteiger partial charge in [-0.3, -0.25) is 9.59 Å². The first-order valence-electron chi connectivity index (χ1n) is 9.66. The van der Waals surface area contributed by atoms with Gasteiger partial charge in [0.1, 0.15) is 11.6 Å². The van der Waals surface area contributed by atoms with Crippen molar-refractivity contribution >= 4 is 23.6 Å². The van der Waals surface area contributed by atoms with Gasteiger partial charge in [0.25, 0.3) is 5.91 Å². The van der Waals surface area contributed by atoms with E-state index in [9.17, 15) is 18.4 Å². The van der Waals surface area contributed by atoms with Gasteiger partial charge in [-0.2, -0.15) is 0 Å². The molecule has 4 nitrogen and oxygen atoms in total. The molecule has 2 aromatic carbocycles. The number of likely N-dealkylation sites (tertiary alicyclic amines) is 1.